The molecule has 158 valence electrons. The van der Waals surface area contributed by atoms with E-state index < -0.39 is 7.14 Å². The lowest BCUT2D eigenvalue weighted by Gasteiger charge is -2.14. The average molecular weight is 445 g/mol. The summed E-state index contributed by atoms with van der Waals surface area (Å²) in [5.74, 6) is 1.73. The van der Waals surface area contributed by atoms with Crippen LogP contribution in [0.25, 0.3) is 45.3 Å². The van der Waals surface area contributed by atoms with Crippen molar-refractivity contribution in [1.82, 2.24) is 15.0 Å². The van der Waals surface area contributed by atoms with Crippen LogP contribution in [0.2, 0.25) is 0 Å². The fraction of sp³-hybridized carbons (Fsp3) is 0.0357. The van der Waals surface area contributed by atoms with E-state index in [9.17, 15) is 4.57 Å². The quantitative estimate of drug-likeness (QED) is 0.330. The van der Waals surface area contributed by atoms with Gasteiger partial charge >= 0.3 is 0 Å². The summed E-state index contributed by atoms with van der Waals surface area (Å²) in [5, 5.41) is 1.73. The predicted octanol–water partition coefficient (Wildman–Crippen LogP) is 5.80. The molecule has 0 radical (unpaired) electrons. The summed E-state index contributed by atoms with van der Waals surface area (Å²) in [7, 11) is -2.80. The second-order valence-electron chi connectivity index (χ2n) is 8.18. The zero-order valence-electron chi connectivity index (χ0n) is 18.0. The van der Waals surface area contributed by atoms with E-state index in [1.54, 1.807) is 0 Å². The summed E-state index contributed by atoms with van der Waals surface area (Å²) < 4.78 is 14.1. The van der Waals surface area contributed by atoms with Crippen molar-refractivity contribution in [1.29, 1.82) is 0 Å². The molecule has 6 rings (SSSR count). The molecule has 4 nitrogen and oxygen atoms in total. The van der Waals surface area contributed by atoms with E-state index in [-0.39, 0.29) is 0 Å². The van der Waals surface area contributed by atoms with Gasteiger partial charge in [-0.2, -0.15) is 0 Å². The Morgan fingerprint density at radius 3 is 1.64 bits per heavy atom. The molecule has 33 heavy (non-hydrogen) atoms. The monoisotopic (exact) mass is 445 g/mol. The molecule has 1 unspecified atom stereocenters. The first-order chi connectivity index (χ1) is 16.1. The van der Waals surface area contributed by atoms with E-state index in [1.165, 1.54) is 0 Å². The van der Waals surface area contributed by atoms with Crippen LogP contribution >= 0.6 is 7.14 Å². The Hall–Kier alpha value is -3.88. The number of hydrogen-bond donors (Lipinski definition) is 0. The fourth-order valence-electron chi connectivity index (χ4n) is 4.52. The van der Waals surface area contributed by atoms with Gasteiger partial charge in [0.1, 0.15) is 7.14 Å². The fourth-order valence-corrected chi connectivity index (χ4v) is 7.08. The van der Waals surface area contributed by atoms with Gasteiger partial charge in [0.2, 0.25) is 0 Å². The zero-order chi connectivity index (χ0) is 22.4. The Labute approximate surface area is 192 Å². The van der Waals surface area contributed by atoms with Gasteiger partial charge in [-0.15, -0.1) is 0 Å². The minimum Gasteiger partial charge on any atom is -0.314 e. The smallest absolute Gasteiger partial charge is 0.164 e. The SMILES string of the molecule is CP1(=O)c2ccccc2-c2cccc(-c3nc(-c4ccccc4)nc(-c4ccccc4)n3)c21. The zero-order valence-corrected chi connectivity index (χ0v) is 18.9. The van der Waals surface area contributed by atoms with Gasteiger partial charge < -0.3 is 4.57 Å². The molecular weight excluding hydrogens is 425 g/mol. The summed E-state index contributed by atoms with van der Waals surface area (Å²) in [6, 6.07) is 33.7. The molecule has 0 N–H and O–H groups in total. The van der Waals surface area contributed by atoms with E-state index in [0.717, 1.165) is 38.4 Å². The highest BCUT2D eigenvalue weighted by molar-refractivity contribution is 7.79. The van der Waals surface area contributed by atoms with Crippen molar-refractivity contribution < 1.29 is 4.57 Å². The molecule has 1 aromatic heterocycles. The van der Waals surface area contributed by atoms with Gasteiger partial charge in [-0.25, -0.2) is 15.0 Å². The van der Waals surface area contributed by atoms with E-state index in [1.807, 2.05) is 110 Å². The minimum atomic E-state index is -2.80. The molecule has 0 aliphatic carbocycles. The van der Waals surface area contributed by atoms with Crippen molar-refractivity contribution in [2.45, 2.75) is 0 Å². The van der Waals surface area contributed by atoms with E-state index >= 15 is 0 Å². The van der Waals surface area contributed by atoms with Crippen molar-refractivity contribution in [2.24, 2.45) is 0 Å². The summed E-state index contributed by atoms with van der Waals surface area (Å²) in [6.07, 6.45) is 0. The van der Waals surface area contributed by atoms with Crippen molar-refractivity contribution in [3.63, 3.8) is 0 Å². The van der Waals surface area contributed by atoms with Crippen molar-refractivity contribution in [3.8, 4) is 45.3 Å². The molecule has 0 spiro atoms. The molecule has 1 aliphatic rings. The van der Waals surface area contributed by atoms with Crippen LogP contribution in [-0.2, 0) is 4.57 Å². The number of fused-ring (bicyclic) bond motifs is 3. The molecule has 0 saturated heterocycles. The Balaban J connectivity index is 1.63. The first-order valence-electron chi connectivity index (χ1n) is 10.8. The molecule has 0 amide bonds. The van der Waals surface area contributed by atoms with Gasteiger partial charge in [-0.1, -0.05) is 103 Å². The van der Waals surface area contributed by atoms with Crippen LogP contribution in [0.5, 0.6) is 0 Å². The minimum absolute atomic E-state index is 0.537. The molecule has 1 aliphatic heterocycles. The maximum absolute atomic E-state index is 14.1. The van der Waals surface area contributed by atoms with Gasteiger partial charge in [-0.05, 0) is 17.8 Å². The lowest BCUT2D eigenvalue weighted by Crippen LogP contribution is -2.13. The standard InChI is InChI=1S/C28H20N3OP/c1-33(32)24-18-9-8-15-21(24)22-16-10-17-23(25(22)33)28-30-26(19-11-4-2-5-12-19)29-27(31-28)20-13-6-3-7-14-20/h2-18H,1H3. The molecule has 0 fully saturated rings. The highest BCUT2D eigenvalue weighted by Gasteiger charge is 2.37. The van der Waals surface area contributed by atoms with Gasteiger partial charge in [0, 0.05) is 27.3 Å². The van der Waals surface area contributed by atoms with Gasteiger partial charge in [-0.3, -0.25) is 0 Å². The third-order valence-electron chi connectivity index (χ3n) is 6.06. The van der Waals surface area contributed by atoms with Crippen LogP contribution in [0.1, 0.15) is 0 Å². The lowest BCUT2D eigenvalue weighted by molar-refractivity contribution is 0.591. The first kappa shape index (κ1) is 19.8. The normalized spacial score (nSPS) is 16.3. The maximum Gasteiger partial charge on any atom is 0.164 e. The van der Waals surface area contributed by atoms with E-state index in [4.69, 9.17) is 15.0 Å². The summed E-state index contributed by atoms with van der Waals surface area (Å²) in [6.45, 7) is 1.85. The number of rotatable bonds is 3. The first-order valence-corrected chi connectivity index (χ1v) is 13.0. The summed E-state index contributed by atoms with van der Waals surface area (Å²) >= 11 is 0. The van der Waals surface area contributed by atoms with Crippen molar-refractivity contribution >= 4 is 17.8 Å². The summed E-state index contributed by atoms with van der Waals surface area (Å²) in [5.41, 5.74) is 4.65. The van der Waals surface area contributed by atoms with Crippen LogP contribution < -0.4 is 10.6 Å². The second-order valence-corrected chi connectivity index (χ2v) is 11.0. The third kappa shape index (κ3) is 3.23. The van der Waals surface area contributed by atoms with Crippen LogP contribution in [0, 0.1) is 0 Å². The highest BCUT2D eigenvalue weighted by Crippen LogP contribution is 2.52. The van der Waals surface area contributed by atoms with Gasteiger partial charge in [0.05, 0.1) is 0 Å². The molecule has 0 saturated carbocycles. The molecular formula is C28H20N3OP. The number of benzene rings is 4. The van der Waals surface area contributed by atoms with Gasteiger partial charge in [0.15, 0.2) is 17.5 Å². The molecule has 5 aromatic rings. The maximum atomic E-state index is 14.1. The van der Waals surface area contributed by atoms with Crippen molar-refractivity contribution in [2.75, 3.05) is 6.66 Å². The molecule has 5 heteroatoms. The number of hydrogen-bond acceptors (Lipinski definition) is 4. The van der Waals surface area contributed by atoms with E-state index in [2.05, 4.69) is 0 Å². The van der Waals surface area contributed by atoms with Crippen LogP contribution in [-0.4, -0.2) is 21.6 Å². The topological polar surface area (TPSA) is 55.7 Å². The van der Waals surface area contributed by atoms with E-state index in [0.29, 0.717) is 17.5 Å². The molecule has 0 bridgehead atoms. The molecule has 1 atom stereocenters. The largest absolute Gasteiger partial charge is 0.314 e. The highest BCUT2D eigenvalue weighted by atomic mass is 31.2. The number of nitrogens with zero attached hydrogens (tertiary/aromatic N) is 3. The van der Waals surface area contributed by atoms with Crippen LogP contribution in [0.3, 0.4) is 0 Å². The van der Waals surface area contributed by atoms with Gasteiger partial charge in [0.25, 0.3) is 0 Å². The van der Waals surface area contributed by atoms with Crippen molar-refractivity contribution in [3.05, 3.63) is 103 Å². The Morgan fingerprint density at radius 1 is 0.515 bits per heavy atom. The Bertz CT molecular complexity index is 1490. The second kappa shape index (κ2) is 7.61. The lowest BCUT2D eigenvalue weighted by atomic mass is 10.0. The predicted molar refractivity (Wildman–Crippen MR) is 134 cm³/mol. The molecule has 4 aromatic carbocycles. The third-order valence-corrected chi connectivity index (χ3v) is 8.70. The Morgan fingerprint density at radius 2 is 1.00 bits per heavy atom. The van der Waals surface area contributed by atoms with Crippen LogP contribution in [0.15, 0.2) is 103 Å². The average Bonchev–Trinajstić information content (AvgIpc) is 3.12. The number of aromatic nitrogens is 3. The Kier molecular flexibility index (Phi) is 4.56. The van der Waals surface area contributed by atoms with Crippen LogP contribution in [0.4, 0.5) is 0 Å². The summed E-state index contributed by atoms with van der Waals surface area (Å²) in [4.78, 5) is 14.5. The molecule has 2 heterocycles.